The minimum atomic E-state index is -1.21. The van der Waals surface area contributed by atoms with Gasteiger partial charge in [-0.1, -0.05) is 0 Å². The average molecular weight is 281 g/mol. The summed E-state index contributed by atoms with van der Waals surface area (Å²) >= 11 is 0. The maximum atomic E-state index is 11.7. The molecule has 0 saturated heterocycles. The highest BCUT2D eigenvalue weighted by molar-refractivity contribution is 5.84. The van der Waals surface area contributed by atoms with Crippen LogP contribution in [0.4, 0.5) is 0 Å². The van der Waals surface area contributed by atoms with Crippen LogP contribution in [0.25, 0.3) is 0 Å². The van der Waals surface area contributed by atoms with E-state index in [1.807, 2.05) is 6.07 Å². The number of ether oxygens (including phenoxy) is 3. The topological polar surface area (TPSA) is 77.0 Å². The molecule has 1 aromatic rings. The fourth-order valence-electron chi connectivity index (χ4n) is 2.67. The molecule has 110 valence electrons. The highest BCUT2D eigenvalue weighted by atomic mass is 16.5. The second-order valence-corrected chi connectivity index (χ2v) is 4.79. The Kier molecular flexibility index (Phi) is 3.76. The summed E-state index contributed by atoms with van der Waals surface area (Å²) in [5, 5.41) is 12.6. The molecule has 0 amide bonds. The van der Waals surface area contributed by atoms with Gasteiger partial charge >= 0.3 is 5.97 Å². The van der Waals surface area contributed by atoms with Crippen LogP contribution in [0.5, 0.6) is 17.2 Å². The molecule has 1 aliphatic heterocycles. The molecule has 20 heavy (non-hydrogen) atoms. The summed E-state index contributed by atoms with van der Waals surface area (Å²) in [4.78, 5) is 11.7. The quantitative estimate of drug-likeness (QED) is 0.862. The van der Waals surface area contributed by atoms with Crippen LogP contribution in [0, 0.1) is 0 Å². The van der Waals surface area contributed by atoms with E-state index in [0.717, 1.165) is 5.56 Å². The van der Waals surface area contributed by atoms with Crippen LogP contribution in [0.3, 0.4) is 0 Å². The molecule has 0 aromatic heterocycles. The SMILES string of the molecule is COc1cc2c(c(OC)c1OC)[C@@](C)(C(=O)O)NCC2. The molecule has 1 atom stereocenters. The van der Waals surface area contributed by atoms with Gasteiger partial charge in [-0.05, 0) is 25.0 Å². The summed E-state index contributed by atoms with van der Waals surface area (Å²) in [6, 6.07) is 1.82. The lowest BCUT2D eigenvalue weighted by Crippen LogP contribution is -2.51. The van der Waals surface area contributed by atoms with Crippen LogP contribution in [0.15, 0.2) is 6.07 Å². The predicted octanol–water partition coefficient (Wildman–Crippen LogP) is 1.16. The Morgan fingerprint density at radius 3 is 2.40 bits per heavy atom. The molecular formula is C14H19NO5. The Hall–Kier alpha value is -1.95. The molecule has 0 fully saturated rings. The minimum Gasteiger partial charge on any atom is -0.493 e. The van der Waals surface area contributed by atoms with Crippen molar-refractivity contribution in [1.82, 2.24) is 5.32 Å². The number of carboxylic acids is 1. The van der Waals surface area contributed by atoms with Gasteiger partial charge in [0.1, 0.15) is 5.54 Å². The zero-order chi connectivity index (χ0) is 14.9. The molecule has 2 rings (SSSR count). The Bertz CT molecular complexity index is 543. The standard InChI is InChI=1S/C14H19NO5/c1-14(13(16)17)10-8(5-6-15-14)7-9(18-2)11(19-3)12(10)20-4/h7,15H,5-6H2,1-4H3,(H,16,17)/t14-/m0/s1. The van der Waals surface area contributed by atoms with Gasteiger partial charge in [0.05, 0.1) is 21.3 Å². The molecule has 1 heterocycles. The second-order valence-electron chi connectivity index (χ2n) is 4.79. The van der Waals surface area contributed by atoms with Gasteiger partial charge in [0.15, 0.2) is 11.5 Å². The summed E-state index contributed by atoms with van der Waals surface area (Å²) < 4.78 is 16.0. The van der Waals surface area contributed by atoms with Gasteiger partial charge in [0.2, 0.25) is 5.75 Å². The fraction of sp³-hybridized carbons (Fsp3) is 0.500. The van der Waals surface area contributed by atoms with Crippen LogP contribution in [-0.4, -0.2) is 38.9 Å². The molecular weight excluding hydrogens is 262 g/mol. The number of benzene rings is 1. The van der Waals surface area contributed by atoms with Crippen LogP contribution >= 0.6 is 0 Å². The first-order valence-electron chi connectivity index (χ1n) is 6.30. The summed E-state index contributed by atoms with van der Waals surface area (Å²) in [5.41, 5.74) is 0.276. The van der Waals surface area contributed by atoms with Crippen molar-refractivity contribution in [2.45, 2.75) is 18.9 Å². The van der Waals surface area contributed by atoms with Crippen molar-refractivity contribution in [2.75, 3.05) is 27.9 Å². The van der Waals surface area contributed by atoms with Crippen LogP contribution in [-0.2, 0) is 16.8 Å². The van der Waals surface area contributed by atoms with Crippen molar-refractivity contribution in [2.24, 2.45) is 0 Å². The van der Waals surface area contributed by atoms with Crippen LogP contribution < -0.4 is 19.5 Å². The highest BCUT2D eigenvalue weighted by Crippen LogP contribution is 2.47. The zero-order valence-electron chi connectivity index (χ0n) is 12.1. The number of hydrogen-bond donors (Lipinski definition) is 2. The molecule has 1 aliphatic rings. The third-order valence-electron chi connectivity index (χ3n) is 3.71. The van der Waals surface area contributed by atoms with E-state index in [2.05, 4.69) is 5.32 Å². The molecule has 0 bridgehead atoms. The number of aliphatic carboxylic acids is 1. The first kappa shape index (κ1) is 14.5. The Labute approximate surface area is 117 Å². The van der Waals surface area contributed by atoms with Crippen molar-refractivity contribution in [3.8, 4) is 17.2 Å². The summed E-state index contributed by atoms with van der Waals surface area (Å²) in [6.45, 7) is 2.20. The van der Waals surface area contributed by atoms with E-state index in [9.17, 15) is 9.90 Å². The van der Waals surface area contributed by atoms with Gasteiger partial charge in [-0.25, -0.2) is 4.79 Å². The third-order valence-corrected chi connectivity index (χ3v) is 3.71. The molecule has 1 aromatic carbocycles. The van der Waals surface area contributed by atoms with Gasteiger partial charge in [-0.15, -0.1) is 0 Å². The number of carboxylic acid groups (broad SMARTS) is 1. The molecule has 0 unspecified atom stereocenters. The first-order chi connectivity index (χ1) is 9.49. The normalized spacial score (nSPS) is 21.0. The number of fused-ring (bicyclic) bond motifs is 1. The molecule has 6 nitrogen and oxygen atoms in total. The van der Waals surface area contributed by atoms with Gasteiger partial charge in [-0.3, -0.25) is 5.32 Å². The molecule has 2 N–H and O–H groups in total. The third kappa shape index (κ3) is 1.96. The molecule has 0 radical (unpaired) electrons. The Morgan fingerprint density at radius 2 is 1.90 bits per heavy atom. The van der Waals surface area contributed by atoms with Crippen molar-refractivity contribution >= 4 is 5.97 Å². The van der Waals surface area contributed by atoms with E-state index in [4.69, 9.17) is 14.2 Å². The second kappa shape index (κ2) is 5.20. The molecule has 0 saturated carbocycles. The summed E-state index contributed by atoms with van der Waals surface area (Å²) in [5.74, 6) is 0.394. The Morgan fingerprint density at radius 1 is 1.25 bits per heavy atom. The number of rotatable bonds is 4. The first-order valence-corrected chi connectivity index (χ1v) is 6.30. The smallest absolute Gasteiger partial charge is 0.328 e. The van der Waals surface area contributed by atoms with Gasteiger partial charge in [0, 0.05) is 12.1 Å². The van der Waals surface area contributed by atoms with Crippen LogP contribution in [0.2, 0.25) is 0 Å². The van der Waals surface area contributed by atoms with E-state index < -0.39 is 11.5 Å². The zero-order valence-corrected chi connectivity index (χ0v) is 12.1. The van der Waals surface area contributed by atoms with Crippen molar-refractivity contribution < 1.29 is 24.1 Å². The summed E-state index contributed by atoms with van der Waals surface area (Å²) in [6.07, 6.45) is 0.703. The largest absolute Gasteiger partial charge is 0.493 e. The fourth-order valence-corrected chi connectivity index (χ4v) is 2.67. The van der Waals surface area contributed by atoms with Gasteiger partial charge in [0.25, 0.3) is 0 Å². The molecule has 6 heteroatoms. The monoisotopic (exact) mass is 281 g/mol. The average Bonchev–Trinajstić information content (AvgIpc) is 2.45. The van der Waals surface area contributed by atoms with E-state index in [-0.39, 0.29) is 0 Å². The lowest BCUT2D eigenvalue weighted by atomic mass is 9.82. The van der Waals surface area contributed by atoms with E-state index in [1.165, 1.54) is 14.2 Å². The maximum Gasteiger partial charge on any atom is 0.328 e. The minimum absolute atomic E-state index is 0.402. The Balaban J connectivity index is 2.78. The number of hydrogen-bond acceptors (Lipinski definition) is 5. The lowest BCUT2D eigenvalue weighted by molar-refractivity contribution is -0.144. The van der Waals surface area contributed by atoms with Gasteiger partial charge in [-0.2, -0.15) is 0 Å². The van der Waals surface area contributed by atoms with Crippen molar-refractivity contribution in [1.29, 1.82) is 0 Å². The number of nitrogens with one attached hydrogen (secondary N) is 1. The van der Waals surface area contributed by atoms with Crippen LogP contribution in [0.1, 0.15) is 18.1 Å². The van der Waals surface area contributed by atoms with Gasteiger partial charge < -0.3 is 19.3 Å². The van der Waals surface area contributed by atoms with E-state index in [1.54, 1.807) is 14.0 Å². The maximum absolute atomic E-state index is 11.7. The van der Waals surface area contributed by atoms with Crippen molar-refractivity contribution in [3.05, 3.63) is 17.2 Å². The highest BCUT2D eigenvalue weighted by Gasteiger charge is 2.43. The lowest BCUT2D eigenvalue weighted by Gasteiger charge is -2.35. The predicted molar refractivity (Wildman–Crippen MR) is 72.8 cm³/mol. The summed E-state index contributed by atoms with van der Waals surface area (Å²) in [7, 11) is 4.54. The van der Waals surface area contributed by atoms with E-state index in [0.29, 0.717) is 35.8 Å². The number of methoxy groups -OCH3 is 3. The molecule has 0 aliphatic carbocycles. The van der Waals surface area contributed by atoms with Crippen molar-refractivity contribution in [3.63, 3.8) is 0 Å². The van der Waals surface area contributed by atoms with E-state index >= 15 is 0 Å². The number of carbonyl (C=O) groups is 1. The molecule has 0 spiro atoms.